The molecule has 0 aliphatic carbocycles. The minimum Gasteiger partial charge on any atom is -0.310 e. The van der Waals surface area contributed by atoms with E-state index in [1.54, 1.807) is 0 Å². The molecule has 0 bridgehead atoms. The fraction of sp³-hybridized carbons (Fsp3) is 0.0612. The Balaban J connectivity index is 1.15. The molecule has 1 aromatic heterocycles. The highest BCUT2D eigenvalue weighted by Gasteiger charge is 2.37. The summed E-state index contributed by atoms with van der Waals surface area (Å²) < 4.78 is 2.45. The molecule has 0 unspecified atom stereocenters. The second-order valence-electron chi connectivity index (χ2n) is 15.0. The maximum Gasteiger partial charge on any atom is 0.242 e. The van der Waals surface area contributed by atoms with E-state index in [1.165, 1.54) is 82.6 Å². The van der Waals surface area contributed by atoms with Crippen LogP contribution in [0.5, 0.6) is 0 Å². The van der Waals surface area contributed by atoms with Crippen molar-refractivity contribution in [2.75, 3.05) is 4.90 Å². The van der Waals surface area contributed by atoms with E-state index in [1.807, 2.05) is 0 Å². The van der Waals surface area contributed by atoms with Crippen molar-refractivity contribution in [2.24, 2.45) is 0 Å². The normalized spacial score (nSPS) is 14.0. The predicted molar refractivity (Wildman–Crippen MR) is 222 cm³/mol. The Morgan fingerprint density at radius 1 is 0.442 bits per heavy atom. The number of anilines is 3. The highest BCUT2D eigenvalue weighted by molar-refractivity contribution is 6.99. The van der Waals surface area contributed by atoms with Gasteiger partial charge in [0.2, 0.25) is 6.71 Å². The summed E-state index contributed by atoms with van der Waals surface area (Å²) in [5.74, 6) is 0. The zero-order chi connectivity index (χ0) is 34.6. The first-order valence-corrected chi connectivity index (χ1v) is 18.3. The molecule has 0 atom stereocenters. The topological polar surface area (TPSA) is 8.17 Å². The van der Waals surface area contributed by atoms with Gasteiger partial charge in [0.25, 0.3) is 0 Å². The van der Waals surface area contributed by atoms with Crippen LogP contribution in [-0.2, 0) is 5.41 Å². The molecule has 0 saturated heterocycles. The third kappa shape index (κ3) is 4.08. The maximum atomic E-state index is 2.47. The van der Waals surface area contributed by atoms with E-state index in [0.717, 1.165) is 11.4 Å². The van der Waals surface area contributed by atoms with E-state index in [0.29, 0.717) is 0 Å². The standard InChI is InChI=1S/C49H35BN2/c1-49(2)41-19-9-12-22-46(41)52(47-23-13-10-20-42(47)49)36-25-26-38-40-30-34(24-27-45(40)51(48(38)31-36)35-16-4-3-5-17-35)50-43-21-11-8-18-37(43)39-28-32-14-6-7-15-33(32)29-44(39)50/h3-31H,1-2H3. The van der Waals surface area contributed by atoms with Crippen LogP contribution in [-0.4, -0.2) is 11.3 Å². The van der Waals surface area contributed by atoms with Crippen molar-refractivity contribution in [3.63, 3.8) is 0 Å². The molecule has 0 spiro atoms. The number of hydrogen-bond donors (Lipinski definition) is 0. The average molecular weight is 663 g/mol. The third-order valence-electron chi connectivity index (χ3n) is 11.8. The molecular formula is C49H35BN2. The lowest BCUT2D eigenvalue weighted by Gasteiger charge is -2.42. The van der Waals surface area contributed by atoms with Crippen molar-refractivity contribution in [1.29, 1.82) is 0 Å². The minimum atomic E-state index is -0.104. The molecule has 0 amide bonds. The smallest absolute Gasteiger partial charge is 0.242 e. The van der Waals surface area contributed by atoms with Crippen molar-refractivity contribution in [1.82, 2.24) is 4.57 Å². The van der Waals surface area contributed by atoms with Crippen molar-refractivity contribution in [3.05, 3.63) is 187 Å². The predicted octanol–water partition coefficient (Wildman–Crippen LogP) is 10.5. The van der Waals surface area contributed by atoms with Gasteiger partial charge in [-0.3, -0.25) is 0 Å². The van der Waals surface area contributed by atoms with E-state index >= 15 is 0 Å². The Morgan fingerprint density at radius 2 is 1.10 bits per heavy atom. The summed E-state index contributed by atoms with van der Waals surface area (Å²) in [6, 6.07) is 65.5. The minimum absolute atomic E-state index is 0.104. The lowest BCUT2D eigenvalue weighted by molar-refractivity contribution is 0.632. The molecule has 9 aromatic rings. The molecule has 2 aliphatic heterocycles. The fourth-order valence-corrected chi connectivity index (χ4v) is 9.40. The Bertz CT molecular complexity index is 2850. The van der Waals surface area contributed by atoms with Crippen LogP contribution in [0.4, 0.5) is 17.1 Å². The zero-order valence-corrected chi connectivity index (χ0v) is 29.2. The number of aromatic nitrogens is 1. The quantitative estimate of drug-likeness (QED) is 0.171. The first-order valence-electron chi connectivity index (χ1n) is 18.3. The van der Waals surface area contributed by atoms with Crippen LogP contribution >= 0.6 is 0 Å². The van der Waals surface area contributed by atoms with E-state index in [9.17, 15) is 0 Å². The summed E-state index contributed by atoms with van der Waals surface area (Å²) in [5.41, 5.74) is 16.6. The Morgan fingerprint density at radius 3 is 1.87 bits per heavy atom. The van der Waals surface area contributed by atoms with E-state index in [2.05, 4.69) is 199 Å². The lowest BCUT2D eigenvalue weighted by atomic mass is 9.39. The second kappa shape index (κ2) is 10.8. The van der Waals surface area contributed by atoms with Gasteiger partial charge < -0.3 is 9.47 Å². The van der Waals surface area contributed by atoms with Crippen LogP contribution in [0.1, 0.15) is 25.0 Å². The summed E-state index contributed by atoms with van der Waals surface area (Å²) in [5, 5.41) is 5.11. The van der Waals surface area contributed by atoms with Gasteiger partial charge in [-0.15, -0.1) is 0 Å². The molecule has 2 aliphatic rings. The summed E-state index contributed by atoms with van der Waals surface area (Å²) in [6.07, 6.45) is 0. The zero-order valence-electron chi connectivity index (χ0n) is 29.2. The van der Waals surface area contributed by atoms with Crippen molar-refractivity contribution >= 4 is 72.7 Å². The molecule has 0 fully saturated rings. The molecule has 11 rings (SSSR count). The molecular weight excluding hydrogens is 627 g/mol. The van der Waals surface area contributed by atoms with Gasteiger partial charge in [0.1, 0.15) is 0 Å². The van der Waals surface area contributed by atoms with Crippen molar-refractivity contribution < 1.29 is 0 Å². The van der Waals surface area contributed by atoms with E-state index in [4.69, 9.17) is 0 Å². The van der Waals surface area contributed by atoms with Gasteiger partial charge >= 0.3 is 0 Å². The second-order valence-corrected chi connectivity index (χ2v) is 15.0. The average Bonchev–Trinajstić information content (AvgIpc) is 3.69. The number of nitrogens with zero attached hydrogens (tertiary/aromatic N) is 2. The monoisotopic (exact) mass is 662 g/mol. The van der Waals surface area contributed by atoms with E-state index in [-0.39, 0.29) is 12.1 Å². The molecule has 3 heterocycles. The maximum absolute atomic E-state index is 2.47. The highest BCUT2D eigenvalue weighted by atomic mass is 15.2. The lowest BCUT2D eigenvalue weighted by Crippen LogP contribution is -2.48. The van der Waals surface area contributed by atoms with Crippen molar-refractivity contribution in [2.45, 2.75) is 19.3 Å². The number of hydrogen-bond acceptors (Lipinski definition) is 1. The number of rotatable bonds is 3. The summed E-state index contributed by atoms with van der Waals surface area (Å²) in [4.78, 5) is 2.46. The number of fused-ring (bicyclic) bond motifs is 9. The molecule has 3 heteroatoms. The van der Waals surface area contributed by atoms with Crippen LogP contribution in [0.15, 0.2) is 176 Å². The van der Waals surface area contributed by atoms with Gasteiger partial charge in [0, 0.05) is 27.6 Å². The molecule has 8 aromatic carbocycles. The van der Waals surface area contributed by atoms with Crippen LogP contribution in [0.25, 0.3) is 49.4 Å². The Labute approximate surface area is 304 Å². The molecule has 0 saturated carbocycles. The van der Waals surface area contributed by atoms with Gasteiger partial charge in [0.05, 0.1) is 22.4 Å². The van der Waals surface area contributed by atoms with Gasteiger partial charge in [0.15, 0.2) is 0 Å². The number of para-hydroxylation sites is 3. The SMILES string of the molecule is CC1(C)c2ccccc2N(c2ccc3c4cc(B5c6ccccc6-c6cc7ccccc7cc65)ccc4n(-c4ccccc4)c3c2)c2ccccc21. The Hall–Kier alpha value is -6.32. The van der Waals surface area contributed by atoms with Crippen LogP contribution in [0.2, 0.25) is 0 Å². The molecule has 244 valence electrons. The van der Waals surface area contributed by atoms with Gasteiger partial charge in [-0.2, -0.15) is 0 Å². The fourth-order valence-electron chi connectivity index (χ4n) is 9.40. The van der Waals surface area contributed by atoms with Gasteiger partial charge in [-0.25, -0.2) is 0 Å². The summed E-state index contributed by atoms with van der Waals surface area (Å²) in [7, 11) is 0. The van der Waals surface area contributed by atoms with Crippen LogP contribution in [0.3, 0.4) is 0 Å². The van der Waals surface area contributed by atoms with Gasteiger partial charge in [-0.1, -0.05) is 158 Å². The highest BCUT2D eigenvalue weighted by Crippen LogP contribution is 2.52. The first kappa shape index (κ1) is 29.4. The largest absolute Gasteiger partial charge is 0.310 e. The van der Waals surface area contributed by atoms with E-state index < -0.39 is 0 Å². The molecule has 0 N–H and O–H groups in total. The van der Waals surface area contributed by atoms with Crippen molar-refractivity contribution in [3.8, 4) is 16.8 Å². The molecule has 0 radical (unpaired) electrons. The summed E-state index contributed by atoms with van der Waals surface area (Å²) in [6.45, 7) is 4.86. The molecule has 2 nitrogen and oxygen atoms in total. The Kier molecular flexibility index (Phi) is 6.13. The first-order chi connectivity index (χ1) is 25.6. The van der Waals surface area contributed by atoms with Gasteiger partial charge in [-0.05, 0) is 81.6 Å². The number of benzene rings is 8. The summed E-state index contributed by atoms with van der Waals surface area (Å²) >= 11 is 0. The molecule has 52 heavy (non-hydrogen) atoms. The van der Waals surface area contributed by atoms with Crippen LogP contribution in [0, 0.1) is 0 Å². The third-order valence-corrected chi connectivity index (χ3v) is 11.8. The van der Waals surface area contributed by atoms with Crippen LogP contribution < -0.4 is 21.3 Å².